The Labute approximate surface area is 164 Å². The molecule has 0 saturated carbocycles. The number of hydrogen-bond donors (Lipinski definition) is 1. The maximum absolute atomic E-state index is 12.2. The number of rotatable bonds is 4. The van der Waals surface area contributed by atoms with E-state index in [9.17, 15) is 8.42 Å². The number of fused-ring (bicyclic) bond motifs is 1. The van der Waals surface area contributed by atoms with E-state index in [0.717, 1.165) is 11.9 Å². The highest BCUT2D eigenvalue weighted by Gasteiger charge is 2.20. The van der Waals surface area contributed by atoms with Crippen molar-refractivity contribution in [1.29, 1.82) is 0 Å². The molecule has 2 aromatic heterocycles. The van der Waals surface area contributed by atoms with Gasteiger partial charge in [-0.1, -0.05) is 0 Å². The maximum atomic E-state index is 12.2. The SMILES string of the molecule is Cc1ccc2c(N(C)S(C)(=O)=O)c(Nc3nc(Cl)ncc3Br)ccc2n1. The molecule has 0 radical (unpaired) electrons. The standard InChI is InChI=1S/C16H15BrClN5O2S/c1-9-4-5-10-12(20-9)6-7-13(14(10)23(2)26(3,24)25)21-15-11(17)8-19-16(18)22-15/h4-8H,1-3H3,(H,19,21,22). The maximum Gasteiger partial charge on any atom is 0.232 e. The van der Waals surface area contributed by atoms with E-state index in [1.807, 2.05) is 25.1 Å². The van der Waals surface area contributed by atoms with E-state index in [1.165, 1.54) is 17.5 Å². The van der Waals surface area contributed by atoms with Gasteiger partial charge in [-0.15, -0.1) is 0 Å². The van der Waals surface area contributed by atoms with Gasteiger partial charge in [0.2, 0.25) is 15.3 Å². The summed E-state index contributed by atoms with van der Waals surface area (Å²) in [7, 11) is -2.00. The number of nitrogens with one attached hydrogen (secondary N) is 1. The number of hydrogen-bond acceptors (Lipinski definition) is 6. The minimum atomic E-state index is -3.50. The molecule has 7 nitrogen and oxygen atoms in total. The molecule has 0 fully saturated rings. The van der Waals surface area contributed by atoms with Gasteiger partial charge in [-0.25, -0.2) is 13.4 Å². The Morgan fingerprint density at radius 1 is 1.19 bits per heavy atom. The Hall–Kier alpha value is -1.97. The first kappa shape index (κ1) is 18.8. The van der Waals surface area contributed by atoms with Gasteiger partial charge in [0.15, 0.2) is 0 Å². The molecule has 1 N–H and O–H groups in total. The highest BCUT2D eigenvalue weighted by atomic mass is 79.9. The minimum Gasteiger partial charge on any atom is -0.337 e. The summed E-state index contributed by atoms with van der Waals surface area (Å²) >= 11 is 9.23. The van der Waals surface area contributed by atoms with Crippen LogP contribution in [0.5, 0.6) is 0 Å². The summed E-state index contributed by atoms with van der Waals surface area (Å²) in [6.07, 6.45) is 2.66. The van der Waals surface area contributed by atoms with Gasteiger partial charge in [-0.2, -0.15) is 4.98 Å². The highest BCUT2D eigenvalue weighted by Crippen LogP contribution is 2.37. The smallest absolute Gasteiger partial charge is 0.232 e. The average molecular weight is 457 g/mol. The van der Waals surface area contributed by atoms with Crippen molar-refractivity contribution in [3.8, 4) is 0 Å². The molecule has 0 amide bonds. The molecule has 1 aromatic carbocycles. The number of aromatic nitrogens is 3. The zero-order valence-corrected chi connectivity index (χ0v) is 17.3. The van der Waals surface area contributed by atoms with Gasteiger partial charge >= 0.3 is 0 Å². The fourth-order valence-electron chi connectivity index (χ4n) is 2.46. The van der Waals surface area contributed by atoms with E-state index in [0.29, 0.717) is 32.6 Å². The first-order valence-electron chi connectivity index (χ1n) is 7.46. The van der Waals surface area contributed by atoms with Crippen molar-refractivity contribution in [3.05, 3.63) is 45.9 Å². The van der Waals surface area contributed by atoms with Crippen molar-refractivity contribution in [3.63, 3.8) is 0 Å². The van der Waals surface area contributed by atoms with Crippen LogP contribution in [0.15, 0.2) is 34.9 Å². The Kier molecular flexibility index (Phi) is 5.05. The fourth-order valence-corrected chi connectivity index (χ4v) is 3.41. The van der Waals surface area contributed by atoms with Crippen molar-refractivity contribution < 1.29 is 8.42 Å². The van der Waals surface area contributed by atoms with Crippen LogP contribution in [0.1, 0.15) is 5.69 Å². The summed E-state index contributed by atoms with van der Waals surface area (Å²) in [4.78, 5) is 12.5. The largest absolute Gasteiger partial charge is 0.337 e. The number of aryl methyl sites for hydroxylation is 1. The van der Waals surface area contributed by atoms with Crippen LogP contribution in [0.3, 0.4) is 0 Å². The molecule has 0 aliphatic heterocycles. The molecule has 0 bridgehead atoms. The van der Waals surface area contributed by atoms with Crippen LogP contribution in [0.25, 0.3) is 10.9 Å². The molecular formula is C16H15BrClN5O2S. The number of pyridine rings is 1. The van der Waals surface area contributed by atoms with Crippen molar-refractivity contribution in [2.24, 2.45) is 0 Å². The van der Waals surface area contributed by atoms with Crippen molar-refractivity contribution >= 4 is 65.6 Å². The summed E-state index contributed by atoms with van der Waals surface area (Å²) in [5.41, 5.74) is 2.56. The topological polar surface area (TPSA) is 88.1 Å². The molecule has 136 valence electrons. The van der Waals surface area contributed by atoms with Gasteiger partial charge < -0.3 is 5.32 Å². The van der Waals surface area contributed by atoms with Crippen LogP contribution in [-0.2, 0) is 10.0 Å². The second-order valence-electron chi connectivity index (χ2n) is 5.67. The summed E-state index contributed by atoms with van der Waals surface area (Å²) in [5, 5.41) is 3.90. The van der Waals surface area contributed by atoms with Gasteiger partial charge in [0.1, 0.15) is 5.82 Å². The normalized spacial score (nSPS) is 11.6. The van der Waals surface area contributed by atoms with Crippen LogP contribution >= 0.6 is 27.5 Å². The number of nitrogens with zero attached hydrogens (tertiary/aromatic N) is 4. The van der Waals surface area contributed by atoms with Crippen LogP contribution < -0.4 is 9.62 Å². The quantitative estimate of drug-likeness (QED) is 0.599. The molecule has 0 aliphatic carbocycles. The van der Waals surface area contributed by atoms with Crippen LogP contribution in [-0.4, -0.2) is 36.7 Å². The second-order valence-corrected chi connectivity index (χ2v) is 8.88. The molecule has 2 heterocycles. The molecule has 0 aliphatic rings. The fraction of sp³-hybridized carbons (Fsp3) is 0.188. The summed E-state index contributed by atoms with van der Waals surface area (Å²) in [5.74, 6) is 0.424. The molecule has 0 unspecified atom stereocenters. The Morgan fingerprint density at radius 2 is 1.92 bits per heavy atom. The van der Waals surface area contributed by atoms with Gasteiger partial charge in [0.05, 0.1) is 27.6 Å². The monoisotopic (exact) mass is 455 g/mol. The third kappa shape index (κ3) is 3.74. The third-order valence-electron chi connectivity index (χ3n) is 3.76. The van der Waals surface area contributed by atoms with Crippen LogP contribution in [0.4, 0.5) is 17.2 Å². The predicted octanol–water partition coefficient (Wildman–Crippen LogP) is 3.89. The van der Waals surface area contributed by atoms with E-state index < -0.39 is 10.0 Å². The van der Waals surface area contributed by atoms with Crippen LogP contribution in [0.2, 0.25) is 5.28 Å². The van der Waals surface area contributed by atoms with Gasteiger partial charge in [-0.3, -0.25) is 9.29 Å². The van der Waals surface area contributed by atoms with Crippen LogP contribution in [0, 0.1) is 6.92 Å². The number of halogens is 2. The summed E-state index contributed by atoms with van der Waals surface area (Å²) in [6.45, 7) is 1.88. The number of benzene rings is 1. The van der Waals surface area contributed by atoms with Crippen molar-refractivity contribution in [1.82, 2.24) is 15.0 Å². The van der Waals surface area contributed by atoms with E-state index in [-0.39, 0.29) is 5.28 Å². The first-order valence-corrected chi connectivity index (χ1v) is 10.5. The lowest BCUT2D eigenvalue weighted by Crippen LogP contribution is -2.26. The molecule has 3 aromatic rings. The lowest BCUT2D eigenvalue weighted by Gasteiger charge is -2.23. The van der Waals surface area contributed by atoms with Gasteiger partial charge in [0.25, 0.3) is 0 Å². The van der Waals surface area contributed by atoms with Gasteiger partial charge in [-0.05, 0) is 58.7 Å². The summed E-state index contributed by atoms with van der Waals surface area (Å²) < 4.78 is 26.2. The van der Waals surface area contributed by atoms with E-state index in [2.05, 4.69) is 36.2 Å². The number of anilines is 3. The molecule has 3 rings (SSSR count). The Balaban J connectivity index is 2.24. The molecular weight excluding hydrogens is 442 g/mol. The lowest BCUT2D eigenvalue weighted by atomic mass is 10.1. The zero-order valence-electron chi connectivity index (χ0n) is 14.2. The average Bonchev–Trinajstić information content (AvgIpc) is 2.56. The van der Waals surface area contributed by atoms with Crippen molar-refractivity contribution in [2.45, 2.75) is 6.92 Å². The number of sulfonamides is 1. The molecule has 26 heavy (non-hydrogen) atoms. The third-order valence-corrected chi connectivity index (χ3v) is 5.70. The first-order chi connectivity index (χ1) is 12.2. The highest BCUT2D eigenvalue weighted by molar-refractivity contribution is 9.10. The second kappa shape index (κ2) is 6.98. The minimum absolute atomic E-state index is 0.0757. The molecule has 10 heteroatoms. The Morgan fingerprint density at radius 3 is 2.62 bits per heavy atom. The lowest BCUT2D eigenvalue weighted by molar-refractivity contribution is 0.600. The van der Waals surface area contributed by atoms with E-state index in [4.69, 9.17) is 11.6 Å². The van der Waals surface area contributed by atoms with Gasteiger partial charge in [0, 0.05) is 24.3 Å². The summed E-state index contributed by atoms with van der Waals surface area (Å²) in [6, 6.07) is 7.26. The van der Waals surface area contributed by atoms with E-state index in [1.54, 1.807) is 6.07 Å². The zero-order chi connectivity index (χ0) is 19.1. The molecule has 0 saturated heterocycles. The van der Waals surface area contributed by atoms with Crippen molar-refractivity contribution in [2.75, 3.05) is 22.9 Å². The molecule has 0 spiro atoms. The predicted molar refractivity (Wildman–Crippen MR) is 108 cm³/mol. The Bertz CT molecular complexity index is 1110. The molecule has 0 atom stereocenters. The van der Waals surface area contributed by atoms with E-state index >= 15 is 0 Å².